The topological polar surface area (TPSA) is 59.8 Å². The lowest BCUT2D eigenvalue weighted by molar-refractivity contribution is 0.0948. The second-order valence-electron chi connectivity index (χ2n) is 4.59. The minimum absolute atomic E-state index is 0.270. The molecule has 1 amide bonds. The fourth-order valence-corrected chi connectivity index (χ4v) is 2.69. The summed E-state index contributed by atoms with van der Waals surface area (Å²) in [5.74, 6) is 0.910. The van der Waals surface area contributed by atoms with Gasteiger partial charge >= 0.3 is 0 Å². The zero-order valence-corrected chi connectivity index (χ0v) is 12.2. The number of hydrogen-bond acceptors (Lipinski definition) is 3. The second kappa shape index (κ2) is 5.32. The average Bonchev–Trinajstić information content (AvgIpc) is 3.02. The van der Waals surface area contributed by atoms with Crippen LogP contribution in [0.1, 0.15) is 28.4 Å². The van der Waals surface area contributed by atoms with Crippen LogP contribution in [0.4, 0.5) is 4.39 Å². The summed E-state index contributed by atoms with van der Waals surface area (Å²) in [4.78, 5) is 12.0. The van der Waals surface area contributed by atoms with Crippen molar-refractivity contribution in [1.82, 2.24) is 20.1 Å². The van der Waals surface area contributed by atoms with E-state index in [1.165, 1.54) is 18.2 Å². The summed E-state index contributed by atoms with van der Waals surface area (Å²) in [5, 5.41) is 10.9. The Morgan fingerprint density at radius 3 is 3.15 bits per heavy atom. The molecule has 1 aliphatic heterocycles. The zero-order chi connectivity index (χ0) is 14.1. The first-order valence-electron chi connectivity index (χ1n) is 6.29. The lowest BCUT2D eigenvalue weighted by atomic mass is 10.2. The molecule has 0 saturated heterocycles. The van der Waals surface area contributed by atoms with Crippen LogP contribution in [-0.4, -0.2) is 20.7 Å². The first kappa shape index (κ1) is 13.2. The van der Waals surface area contributed by atoms with Crippen LogP contribution in [0.15, 0.2) is 22.7 Å². The molecule has 1 N–H and O–H groups in total. The van der Waals surface area contributed by atoms with Gasteiger partial charge in [-0.3, -0.25) is 4.79 Å². The zero-order valence-electron chi connectivity index (χ0n) is 10.6. The number of nitrogens with one attached hydrogen (secondary N) is 1. The van der Waals surface area contributed by atoms with E-state index in [-0.39, 0.29) is 18.0 Å². The number of nitrogens with zero attached hydrogens (tertiary/aromatic N) is 3. The molecule has 104 valence electrons. The van der Waals surface area contributed by atoms with Crippen LogP contribution >= 0.6 is 15.9 Å². The van der Waals surface area contributed by atoms with Gasteiger partial charge in [0, 0.05) is 17.4 Å². The van der Waals surface area contributed by atoms with Crippen molar-refractivity contribution in [2.45, 2.75) is 25.9 Å². The third kappa shape index (κ3) is 2.45. The van der Waals surface area contributed by atoms with Crippen molar-refractivity contribution >= 4 is 21.8 Å². The number of halogens is 2. The van der Waals surface area contributed by atoms with Crippen molar-refractivity contribution < 1.29 is 9.18 Å². The summed E-state index contributed by atoms with van der Waals surface area (Å²) >= 11 is 3.24. The summed E-state index contributed by atoms with van der Waals surface area (Å²) in [6, 6.07) is 4.01. The van der Waals surface area contributed by atoms with E-state index in [0.717, 1.165) is 31.0 Å². The second-order valence-corrected chi connectivity index (χ2v) is 5.45. The molecule has 0 spiro atoms. The standard InChI is InChI=1S/C13H12BrFN4O/c14-10-4-3-8(15)6-9(10)13(20)16-7-12-18-17-11-2-1-5-19(11)12/h3-4,6H,1-2,5,7H2,(H,16,20). The first-order valence-corrected chi connectivity index (χ1v) is 7.08. The fraction of sp³-hybridized carbons (Fsp3) is 0.308. The van der Waals surface area contributed by atoms with Gasteiger partial charge in [0.2, 0.25) is 0 Å². The maximum absolute atomic E-state index is 13.2. The van der Waals surface area contributed by atoms with Gasteiger partial charge in [0.15, 0.2) is 5.82 Å². The summed E-state index contributed by atoms with van der Waals surface area (Å²) in [5.41, 5.74) is 0.270. The maximum atomic E-state index is 13.2. The Balaban J connectivity index is 1.72. The fourth-order valence-electron chi connectivity index (χ4n) is 2.27. The molecule has 2 aromatic rings. The number of aryl methyl sites for hydroxylation is 1. The molecule has 20 heavy (non-hydrogen) atoms. The maximum Gasteiger partial charge on any atom is 0.252 e. The quantitative estimate of drug-likeness (QED) is 0.931. The lowest BCUT2D eigenvalue weighted by Crippen LogP contribution is -2.25. The van der Waals surface area contributed by atoms with Gasteiger partial charge in [-0.2, -0.15) is 0 Å². The highest BCUT2D eigenvalue weighted by atomic mass is 79.9. The van der Waals surface area contributed by atoms with Gasteiger partial charge in [-0.05, 0) is 40.5 Å². The number of carbonyl (C=O) groups is 1. The van der Waals surface area contributed by atoms with Gasteiger partial charge in [-0.15, -0.1) is 10.2 Å². The van der Waals surface area contributed by atoms with Gasteiger partial charge in [-0.1, -0.05) is 0 Å². The van der Waals surface area contributed by atoms with Crippen molar-refractivity contribution in [1.29, 1.82) is 0 Å². The van der Waals surface area contributed by atoms with E-state index in [9.17, 15) is 9.18 Å². The Bertz CT molecular complexity index is 670. The van der Waals surface area contributed by atoms with Crippen molar-refractivity contribution in [2.24, 2.45) is 0 Å². The van der Waals surface area contributed by atoms with Gasteiger partial charge in [0.25, 0.3) is 5.91 Å². The lowest BCUT2D eigenvalue weighted by Gasteiger charge is -2.07. The van der Waals surface area contributed by atoms with E-state index in [2.05, 4.69) is 31.4 Å². The third-order valence-corrected chi connectivity index (χ3v) is 3.96. The smallest absolute Gasteiger partial charge is 0.252 e. The highest BCUT2D eigenvalue weighted by molar-refractivity contribution is 9.10. The Morgan fingerprint density at radius 1 is 1.45 bits per heavy atom. The number of benzene rings is 1. The van der Waals surface area contributed by atoms with Crippen LogP contribution in [-0.2, 0) is 19.5 Å². The molecular weight excluding hydrogens is 327 g/mol. The van der Waals surface area contributed by atoms with Gasteiger partial charge in [0.05, 0.1) is 12.1 Å². The van der Waals surface area contributed by atoms with Crippen LogP contribution in [0.5, 0.6) is 0 Å². The molecule has 1 aliphatic rings. The Kier molecular flexibility index (Phi) is 3.52. The molecule has 5 nitrogen and oxygen atoms in total. The molecule has 3 rings (SSSR count). The van der Waals surface area contributed by atoms with Crippen LogP contribution in [0, 0.1) is 5.82 Å². The van der Waals surface area contributed by atoms with Crippen LogP contribution < -0.4 is 5.32 Å². The predicted molar refractivity (Wildman–Crippen MR) is 73.6 cm³/mol. The van der Waals surface area contributed by atoms with Crippen molar-refractivity contribution in [2.75, 3.05) is 0 Å². The minimum Gasteiger partial charge on any atom is -0.345 e. The molecule has 0 bridgehead atoms. The highest BCUT2D eigenvalue weighted by Gasteiger charge is 2.18. The number of fused-ring (bicyclic) bond motifs is 1. The predicted octanol–water partition coefficient (Wildman–Crippen LogP) is 2.06. The first-order chi connectivity index (χ1) is 9.65. The largest absolute Gasteiger partial charge is 0.345 e. The monoisotopic (exact) mass is 338 g/mol. The minimum atomic E-state index is -0.443. The Labute approximate surface area is 123 Å². The van der Waals surface area contributed by atoms with Gasteiger partial charge in [-0.25, -0.2) is 4.39 Å². The molecule has 2 heterocycles. The van der Waals surface area contributed by atoms with Crippen LogP contribution in [0.3, 0.4) is 0 Å². The summed E-state index contributed by atoms with van der Waals surface area (Å²) in [6.45, 7) is 1.17. The van der Waals surface area contributed by atoms with Crippen molar-refractivity contribution in [3.05, 3.63) is 45.7 Å². The van der Waals surface area contributed by atoms with Crippen molar-refractivity contribution in [3.63, 3.8) is 0 Å². The molecular formula is C13H12BrFN4O. The van der Waals surface area contributed by atoms with E-state index >= 15 is 0 Å². The normalized spacial score (nSPS) is 13.3. The van der Waals surface area contributed by atoms with E-state index < -0.39 is 5.82 Å². The Hall–Kier alpha value is -1.76. The van der Waals surface area contributed by atoms with E-state index in [1.54, 1.807) is 0 Å². The van der Waals surface area contributed by atoms with Gasteiger partial charge < -0.3 is 9.88 Å². The molecule has 0 unspecified atom stereocenters. The molecule has 7 heteroatoms. The SMILES string of the molecule is O=C(NCc1nnc2n1CCC2)c1cc(F)ccc1Br. The highest BCUT2D eigenvalue weighted by Crippen LogP contribution is 2.18. The number of amides is 1. The van der Waals surface area contributed by atoms with E-state index in [4.69, 9.17) is 0 Å². The molecule has 1 aromatic carbocycles. The number of aromatic nitrogens is 3. The number of carbonyl (C=O) groups excluding carboxylic acids is 1. The Morgan fingerprint density at radius 2 is 2.30 bits per heavy atom. The van der Waals surface area contributed by atoms with Crippen LogP contribution in [0.2, 0.25) is 0 Å². The molecule has 0 saturated carbocycles. The number of hydrogen-bond donors (Lipinski definition) is 1. The molecule has 0 fully saturated rings. The number of rotatable bonds is 3. The summed E-state index contributed by atoms with van der Waals surface area (Å²) in [7, 11) is 0. The van der Waals surface area contributed by atoms with Crippen LogP contribution in [0.25, 0.3) is 0 Å². The van der Waals surface area contributed by atoms with Crippen molar-refractivity contribution in [3.8, 4) is 0 Å². The van der Waals surface area contributed by atoms with E-state index in [1.807, 2.05) is 4.57 Å². The average molecular weight is 339 g/mol. The molecule has 1 aromatic heterocycles. The van der Waals surface area contributed by atoms with Gasteiger partial charge in [0.1, 0.15) is 11.6 Å². The molecule has 0 radical (unpaired) electrons. The summed E-state index contributed by atoms with van der Waals surface area (Å²) in [6.07, 6.45) is 1.98. The molecule has 0 atom stereocenters. The van der Waals surface area contributed by atoms with E-state index in [0.29, 0.717) is 4.47 Å². The summed E-state index contributed by atoms with van der Waals surface area (Å²) < 4.78 is 15.7. The molecule has 0 aliphatic carbocycles. The third-order valence-electron chi connectivity index (χ3n) is 3.27.